The molecule has 0 atom stereocenters. The number of methoxy groups -OCH3 is 1. The highest BCUT2D eigenvalue weighted by Crippen LogP contribution is 2.34. The van der Waals surface area contributed by atoms with E-state index in [2.05, 4.69) is 4.90 Å². The van der Waals surface area contributed by atoms with E-state index in [-0.39, 0.29) is 0 Å². The number of benzene rings is 2. The fourth-order valence-electron chi connectivity index (χ4n) is 4.99. The minimum Gasteiger partial charge on any atom is -0.492 e. The average Bonchev–Trinajstić information content (AvgIpc) is 2.84. The Morgan fingerprint density at radius 3 is 2.44 bits per heavy atom. The summed E-state index contributed by atoms with van der Waals surface area (Å²) in [4.78, 5) is 14.5. The molecule has 0 aromatic heterocycles. The van der Waals surface area contributed by atoms with E-state index in [0.717, 1.165) is 49.9 Å². The number of esters is 1. The topological polar surface area (TPSA) is 38.8 Å². The van der Waals surface area contributed by atoms with Gasteiger partial charge in [0, 0.05) is 6.54 Å². The second-order valence-corrected chi connectivity index (χ2v) is 9.31. The average molecular weight is 440 g/mol. The maximum absolute atomic E-state index is 15.0. The van der Waals surface area contributed by atoms with Crippen LogP contribution in [-0.2, 0) is 4.74 Å². The number of nitrogens with zero attached hydrogens (tertiary/aromatic N) is 1. The monoisotopic (exact) mass is 439 g/mol. The molecule has 0 spiro atoms. The summed E-state index contributed by atoms with van der Waals surface area (Å²) in [5, 5.41) is 0. The molecule has 4 rings (SSSR count). The number of hydrogen-bond donors (Lipinski definition) is 0. The number of carbonyl (C=O) groups is 1. The van der Waals surface area contributed by atoms with Crippen molar-refractivity contribution in [3.05, 3.63) is 54.1 Å². The van der Waals surface area contributed by atoms with Crippen LogP contribution in [0.1, 0.15) is 55.3 Å². The summed E-state index contributed by atoms with van der Waals surface area (Å²) in [7, 11) is 1.39. The molecule has 0 N–H and O–H groups in total. The highest BCUT2D eigenvalue weighted by molar-refractivity contribution is 5.93. The Morgan fingerprint density at radius 1 is 1.03 bits per heavy atom. The van der Waals surface area contributed by atoms with E-state index in [4.69, 9.17) is 9.47 Å². The van der Waals surface area contributed by atoms with Crippen LogP contribution in [0.2, 0.25) is 0 Å². The van der Waals surface area contributed by atoms with E-state index in [1.165, 1.54) is 13.5 Å². The number of carbonyl (C=O) groups excluding carboxylic acids is 1. The van der Waals surface area contributed by atoms with E-state index in [0.29, 0.717) is 43.2 Å². The number of halogens is 1. The first-order valence-corrected chi connectivity index (χ1v) is 11.9. The van der Waals surface area contributed by atoms with E-state index >= 15 is 4.39 Å². The van der Waals surface area contributed by atoms with Crippen molar-refractivity contribution in [3.8, 4) is 16.9 Å². The standard InChI is InChI=1S/C27H34FNO3/c1-31-26(30)24-11-10-23(22-8-4-2-5-9-22)18-25(24)32-19-21-12-16-29(17-13-21)20-27(28)14-6-3-7-15-27/h2,4-5,8-11,18,21H,3,6-7,12-17,19-20H2,1H3. The zero-order chi connectivity index (χ0) is 22.4. The fourth-order valence-corrected chi connectivity index (χ4v) is 4.99. The summed E-state index contributed by atoms with van der Waals surface area (Å²) in [6.07, 6.45) is 6.61. The van der Waals surface area contributed by atoms with Crippen LogP contribution in [0.5, 0.6) is 5.75 Å². The molecule has 1 heterocycles. The summed E-state index contributed by atoms with van der Waals surface area (Å²) in [6, 6.07) is 15.7. The van der Waals surface area contributed by atoms with Crippen molar-refractivity contribution in [2.45, 2.75) is 50.6 Å². The minimum absolute atomic E-state index is 0.393. The molecule has 1 saturated carbocycles. The molecule has 1 saturated heterocycles. The molecule has 1 aliphatic heterocycles. The van der Waals surface area contributed by atoms with E-state index < -0.39 is 11.6 Å². The third-order valence-electron chi connectivity index (χ3n) is 6.93. The molecule has 2 aliphatic rings. The normalized spacial score (nSPS) is 19.4. The molecule has 0 bridgehead atoms. The van der Waals surface area contributed by atoms with Crippen molar-refractivity contribution in [2.24, 2.45) is 5.92 Å². The number of ether oxygens (including phenoxy) is 2. The summed E-state index contributed by atoms with van der Waals surface area (Å²) in [6.45, 7) is 2.95. The molecule has 0 amide bonds. The van der Waals surface area contributed by atoms with Gasteiger partial charge in [-0.05, 0) is 68.0 Å². The number of piperidine rings is 1. The number of hydrogen-bond acceptors (Lipinski definition) is 4. The highest BCUT2D eigenvalue weighted by atomic mass is 19.1. The first-order chi connectivity index (χ1) is 15.6. The summed E-state index contributed by atoms with van der Waals surface area (Å²) in [5.41, 5.74) is 1.53. The van der Waals surface area contributed by atoms with Crippen LogP contribution >= 0.6 is 0 Å². The van der Waals surface area contributed by atoms with Crippen molar-refractivity contribution in [1.29, 1.82) is 0 Å². The molecule has 2 aromatic carbocycles. The van der Waals surface area contributed by atoms with Crippen molar-refractivity contribution in [1.82, 2.24) is 4.90 Å². The third-order valence-corrected chi connectivity index (χ3v) is 6.93. The Balaban J connectivity index is 1.36. The van der Waals surface area contributed by atoms with Gasteiger partial charge >= 0.3 is 5.97 Å². The van der Waals surface area contributed by atoms with Crippen LogP contribution in [0.25, 0.3) is 11.1 Å². The molecule has 4 nitrogen and oxygen atoms in total. The lowest BCUT2D eigenvalue weighted by molar-refractivity contribution is 0.0362. The first kappa shape index (κ1) is 22.8. The molecule has 0 radical (unpaired) electrons. The Morgan fingerprint density at radius 2 is 1.75 bits per heavy atom. The summed E-state index contributed by atoms with van der Waals surface area (Å²) in [5.74, 6) is 0.569. The van der Waals surface area contributed by atoms with Gasteiger partial charge in [-0.2, -0.15) is 0 Å². The van der Waals surface area contributed by atoms with Gasteiger partial charge in [-0.1, -0.05) is 55.7 Å². The predicted molar refractivity (Wildman–Crippen MR) is 125 cm³/mol. The van der Waals surface area contributed by atoms with Crippen LogP contribution in [0.4, 0.5) is 4.39 Å². The van der Waals surface area contributed by atoms with E-state index in [9.17, 15) is 4.79 Å². The van der Waals surface area contributed by atoms with E-state index in [1.807, 2.05) is 42.5 Å². The van der Waals surface area contributed by atoms with E-state index in [1.54, 1.807) is 6.07 Å². The lowest BCUT2D eigenvalue weighted by Gasteiger charge is -2.38. The molecule has 172 valence electrons. The molecule has 5 heteroatoms. The molecular weight excluding hydrogens is 405 g/mol. The lowest BCUT2D eigenvalue weighted by Crippen LogP contribution is -2.45. The lowest BCUT2D eigenvalue weighted by atomic mass is 9.85. The predicted octanol–water partition coefficient (Wildman–Crippen LogP) is 5.90. The third kappa shape index (κ3) is 5.69. The highest BCUT2D eigenvalue weighted by Gasteiger charge is 2.34. The van der Waals surface area contributed by atoms with Gasteiger partial charge < -0.3 is 14.4 Å². The first-order valence-electron chi connectivity index (χ1n) is 11.9. The second kappa shape index (κ2) is 10.5. The van der Waals surface area contributed by atoms with Crippen LogP contribution in [0.3, 0.4) is 0 Å². The van der Waals surface area contributed by atoms with Gasteiger partial charge in [0.15, 0.2) is 0 Å². The Kier molecular flexibility index (Phi) is 7.46. The van der Waals surface area contributed by atoms with Crippen molar-refractivity contribution < 1.29 is 18.7 Å². The molecule has 1 aliphatic carbocycles. The zero-order valence-corrected chi connectivity index (χ0v) is 19.0. The Labute approximate surface area is 190 Å². The number of rotatable bonds is 7. The number of likely N-dealkylation sites (tertiary alicyclic amines) is 1. The van der Waals surface area contributed by atoms with Crippen LogP contribution in [0.15, 0.2) is 48.5 Å². The van der Waals surface area contributed by atoms with Gasteiger partial charge in [-0.25, -0.2) is 9.18 Å². The molecular formula is C27H34FNO3. The van der Waals surface area contributed by atoms with Gasteiger partial charge in [0.1, 0.15) is 17.0 Å². The molecule has 2 fully saturated rings. The Bertz CT molecular complexity index is 887. The Hall–Kier alpha value is -2.40. The fraction of sp³-hybridized carbons (Fsp3) is 0.519. The summed E-state index contributed by atoms with van der Waals surface area (Å²) >= 11 is 0. The van der Waals surface area contributed by atoms with Crippen molar-refractivity contribution in [3.63, 3.8) is 0 Å². The smallest absolute Gasteiger partial charge is 0.341 e. The van der Waals surface area contributed by atoms with Gasteiger partial charge in [0.05, 0.1) is 13.7 Å². The molecule has 0 unspecified atom stereocenters. The second-order valence-electron chi connectivity index (χ2n) is 9.31. The minimum atomic E-state index is -0.991. The van der Waals surface area contributed by atoms with Gasteiger partial charge in [-0.15, -0.1) is 0 Å². The maximum Gasteiger partial charge on any atom is 0.341 e. The van der Waals surface area contributed by atoms with Crippen molar-refractivity contribution >= 4 is 5.97 Å². The molecule has 32 heavy (non-hydrogen) atoms. The van der Waals surface area contributed by atoms with Gasteiger partial charge in [-0.3, -0.25) is 0 Å². The van der Waals surface area contributed by atoms with Gasteiger partial charge in [0.25, 0.3) is 0 Å². The largest absolute Gasteiger partial charge is 0.492 e. The number of alkyl halides is 1. The van der Waals surface area contributed by atoms with Crippen LogP contribution < -0.4 is 4.74 Å². The summed E-state index contributed by atoms with van der Waals surface area (Å²) < 4.78 is 26.2. The van der Waals surface area contributed by atoms with Crippen LogP contribution in [0, 0.1) is 5.92 Å². The quantitative estimate of drug-likeness (QED) is 0.503. The van der Waals surface area contributed by atoms with Crippen LogP contribution in [-0.4, -0.2) is 49.9 Å². The SMILES string of the molecule is COC(=O)c1ccc(-c2ccccc2)cc1OCC1CCN(CC2(F)CCCCC2)CC1. The van der Waals surface area contributed by atoms with Crippen molar-refractivity contribution in [2.75, 3.05) is 33.4 Å². The zero-order valence-electron chi connectivity index (χ0n) is 19.0. The van der Waals surface area contributed by atoms with Gasteiger partial charge in [0.2, 0.25) is 0 Å². The maximum atomic E-state index is 15.0. The molecule has 2 aromatic rings.